The highest BCUT2D eigenvalue weighted by molar-refractivity contribution is 7.89. The van der Waals surface area contributed by atoms with E-state index < -0.39 is 28.1 Å². The van der Waals surface area contributed by atoms with Gasteiger partial charge in [0.2, 0.25) is 10.0 Å². The third-order valence-corrected chi connectivity index (χ3v) is 8.60. The molecule has 5 rings (SSSR count). The Morgan fingerprint density at radius 3 is 2.39 bits per heavy atom. The summed E-state index contributed by atoms with van der Waals surface area (Å²) in [6.07, 6.45) is 0.196. The molecule has 2 heterocycles. The van der Waals surface area contributed by atoms with E-state index in [1.807, 2.05) is 61.5 Å². The topological polar surface area (TPSA) is 79.5 Å². The van der Waals surface area contributed by atoms with Crippen LogP contribution in [0.4, 0.5) is 0 Å². The van der Waals surface area contributed by atoms with E-state index in [4.69, 9.17) is 4.74 Å². The molecular formula is C29H28N2O4S. The lowest BCUT2D eigenvalue weighted by molar-refractivity contribution is -0.148. The first kappa shape index (κ1) is 24.0. The molecule has 1 aromatic heterocycles. The van der Waals surface area contributed by atoms with Crippen molar-refractivity contribution in [1.29, 1.82) is 0 Å². The number of benzene rings is 3. The lowest BCUT2D eigenvalue weighted by Crippen LogP contribution is -2.51. The van der Waals surface area contributed by atoms with Crippen LogP contribution < -0.4 is 0 Å². The van der Waals surface area contributed by atoms with E-state index >= 15 is 0 Å². The molecule has 2 atom stereocenters. The van der Waals surface area contributed by atoms with Gasteiger partial charge in [0, 0.05) is 23.0 Å². The molecule has 7 heteroatoms. The number of hydrogen-bond acceptors (Lipinski definition) is 4. The number of hydrogen-bond donors (Lipinski definition) is 1. The first-order chi connectivity index (χ1) is 17.3. The number of esters is 1. The summed E-state index contributed by atoms with van der Waals surface area (Å²) in [6.45, 7) is 8.12. The number of fused-ring (bicyclic) bond motifs is 3. The molecule has 0 amide bonds. The third-order valence-electron chi connectivity index (χ3n) is 6.71. The van der Waals surface area contributed by atoms with Gasteiger partial charge >= 0.3 is 5.97 Å². The SMILES string of the molecule is C=C(c1ccccc1)[C@@H]1c2[nH]c3ccccc3c2C[C@@H](C(=O)OCC)N1S(=O)(=O)c1ccc(C)cc1. The summed E-state index contributed by atoms with van der Waals surface area (Å²) < 4.78 is 35.2. The molecule has 6 nitrogen and oxygen atoms in total. The molecule has 3 aromatic carbocycles. The van der Waals surface area contributed by atoms with Gasteiger partial charge in [-0.15, -0.1) is 0 Å². The molecule has 1 N–H and O–H groups in total. The van der Waals surface area contributed by atoms with Gasteiger partial charge in [0.15, 0.2) is 0 Å². The summed E-state index contributed by atoms with van der Waals surface area (Å²) in [4.78, 5) is 16.9. The van der Waals surface area contributed by atoms with Crippen molar-refractivity contribution in [3.05, 3.63) is 108 Å². The zero-order valence-electron chi connectivity index (χ0n) is 20.3. The number of carbonyl (C=O) groups is 1. The van der Waals surface area contributed by atoms with Gasteiger partial charge < -0.3 is 9.72 Å². The number of aromatic amines is 1. The Hall–Kier alpha value is -3.68. The molecule has 0 saturated heterocycles. The number of rotatable bonds is 6. The average Bonchev–Trinajstić information content (AvgIpc) is 3.26. The first-order valence-electron chi connectivity index (χ1n) is 11.9. The molecule has 36 heavy (non-hydrogen) atoms. The molecule has 4 aromatic rings. The highest BCUT2D eigenvalue weighted by atomic mass is 32.2. The number of H-pyrrole nitrogens is 1. The number of aromatic nitrogens is 1. The van der Waals surface area contributed by atoms with Gasteiger partial charge in [0.1, 0.15) is 6.04 Å². The van der Waals surface area contributed by atoms with Crippen LogP contribution in [0.25, 0.3) is 16.5 Å². The van der Waals surface area contributed by atoms with Crippen molar-refractivity contribution >= 4 is 32.5 Å². The Morgan fingerprint density at radius 1 is 1.03 bits per heavy atom. The number of carbonyl (C=O) groups excluding carboxylic acids is 1. The van der Waals surface area contributed by atoms with Crippen molar-refractivity contribution in [1.82, 2.24) is 9.29 Å². The highest BCUT2D eigenvalue weighted by Gasteiger charge is 2.48. The van der Waals surface area contributed by atoms with Crippen LogP contribution >= 0.6 is 0 Å². The van der Waals surface area contributed by atoms with E-state index in [0.29, 0.717) is 5.57 Å². The van der Waals surface area contributed by atoms with E-state index in [2.05, 4.69) is 11.6 Å². The van der Waals surface area contributed by atoms with Crippen molar-refractivity contribution < 1.29 is 17.9 Å². The first-order valence-corrected chi connectivity index (χ1v) is 13.4. The fourth-order valence-corrected chi connectivity index (χ4v) is 6.70. The molecule has 1 aliphatic rings. The van der Waals surface area contributed by atoms with Crippen molar-refractivity contribution in [2.24, 2.45) is 0 Å². The van der Waals surface area contributed by atoms with Crippen LogP contribution in [0, 0.1) is 6.92 Å². The summed E-state index contributed by atoms with van der Waals surface area (Å²) in [5.74, 6) is -0.574. The maximum atomic E-state index is 14.3. The third kappa shape index (κ3) is 4.04. The summed E-state index contributed by atoms with van der Waals surface area (Å²) in [7, 11) is -4.12. The second kappa shape index (κ2) is 9.41. The Labute approximate surface area is 211 Å². The van der Waals surface area contributed by atoms with E-state index in [-0.39, 0.29) is 17.9 Å². The largest absolute Gasteiger partial charge is 0.465 e. The molecule has 0 spiro atoms. The Kier molecular flexibility index (Phi) is 6.28. The Balaban J connectivity index is 1.78. The van der Waals surface area contributed by atoms with Gasteiger partial charge in [-0.25, -0.2) is 8.42 Å². The molecule has 0 fully saturated rings. The molecule has 184 valence electrons. The van der Waals surface area contributed by atoms with Gasteiger partial charge in [-0.2, -0.15) is 4.31 Å². The number of ether oxygens (including phenoxy) is 1. The van der Waals surface area contributed by atoms with Crippen LogP contribution in [0.1, 0.15) is 35.3 Å². The number of sulfonamides is 1. The van der Waals surface area contributed by atoms with Crippen LogP contribution in [0.15, 0.2) is 90.3 Å². The zero-order valence-corrected chi connectivity index (χ0v) is 21.1. The number of aryl methyl sites for hydroxylation is 1. The normalized spacial score (nSPS) is 18.1. The molecule has 0 radical (unpaired) electrons. The van der Waals surface area contributed by atoms with Gasteiger partial charge in [0.25, 0.3) is 0 Å². The molecule has 0 unspecified atom stereocenters. The van der Waals surface area contributed by atoms with Crippen LogP contribution in [0.3, 0.4) is 0 Å². The van der Waals surface area contributed by atoms with E-state index in [0.717, 1.165) is 33.3 Å². The van der Waals surface area contributed by atoms with Crippen LogP contribution in [0.2, 0.25) is 0 Å². The quantitative estimate of drug-likeness (QED) is 0.359. The monoisotopic (exact) mass is 500 g/mol. The molecular weight excluding hydrogens is 472 g/mol. The summed E-state index contributed by atoms with van der Waals surface area (Å²) in [5.41, 5.74) is 4.82. The lowest BCUT2D eigenvalue weighted by Gasteiger charge is -2.40. The van der Waals surface area contributed by atoms with Gasteiger partial charge in [0.05, 0.1) is 17.5 Å². The molecule has 0 saturated carbocycles. The van der Waals surface area contributed by atoms with E-state index in [9.17, 15) is 13.2 Å². The number of para-hydroxylation sites is 1. The van der Waals surface area contributed by atoms with Crippen molar-refractivity contribution in [2.75, 3.05) is 6.61 Å². The lowest BCUT2D eigenvalue weighted by atomic mass is 9.88. The predicted molar refractivity (Wildman–Crippen MR) is 141 cm³/mol. The van der Waals surface area contributed by atoms with Crippen molar-refractivity contribution in [2.45, 2.75) is 37.2 Å². The fourth-order valence-electron chi connectivity index (χ4n) is 4.97. The van der Waals surface area contributed by atoms with Crippen molar-refractivity contribution in [3.63, 3.8) is 0 Å². The second-order valence-corrected chi connectivity index (χ2v) is 10.8. The highest BCUT2D eigenvalue weighted by Crippen LogP contribution is 2.46. The molecule has 0 aliphatic carbocycles. The molecule has 0 bridgehead atoms. The van der Waals surface area contributed by atoms with Gasteiger partial charge in [-0.05, 0) is 48.7 Å². The maximum absolute atomic E-state index is 14.3. The smallest absolute Gasteiger partial charge is 0.324 e. The number of nitrogens with one attached hydrogen (secondary N) is 1. The van der Waals surface area contributed by atoms with E-state index in [1.54, 1.807) is 31.2 Å². The number of nitrogens with zero attached hydrogens (tertiary/aromatic N) is 1. The van der Waals surface area contributed by atoms with Crippen LogP contribution in [-0.2, 0) is 26.0 Å². The molecule has 1 aliphatic heterocycles. The van der Waals surface area contributed by atoms with E-state index in [1.165, 1.54) is 4.31 Å². The summed E-state index contributed by atoms with van der Waals surface area (Å²) >= 11 is 0. The standard InChI is InChI=1S/C29H28N2O4S/c1-4-35-29(32)26-18-24-23-12-8-9-13-25(23)30-27(24)28(20(3)21-10-6-5-7-11-21)31(26)36(33,34)22-16-14-19(2)15-17-22/h5-17,26,28,30H,3-4,18H2,1-2H3/t26-,28+/m0/s1. The minimum atomic E-state index is -4.12. The van der Waals surface area contributed by atoms with Crippen LogP contribution in [0.5, 0.6) is 0 Å². The van der Waals surface area contributed by atoms with Gasteiger partial charge in [-0.3, -0.25) is 4.79 Å². The second-order valence-electron chi connectivity index (χ2n) is 8.98. The minimum absolute atomic E-state index is 0.118. The van der Waals surface area contributed by atoms with Gasteiger partial charge in [-0.1, -0.05) is 72.8 Å². The maximum Gasteiger partial charge on any atom is 0.324 e. The predicted octanol–water partition coefficient (Wildman–Crippen LogP) is 5.41. The average molecular weight is 501 g/mol. The van der Waals surface area contributed by atoms with Crippen molar-refractivity contribution in [3.8, 4) is 0 Å². The Morgan fingerprint density at radius 2 is 1.69 bits per heavy atom. The fraction of sp³-hybridized carbons (Fsp3) is 0.207. The Bertz CT molecular complexity index is 1540. The summed E-state index contributed by atoms with van der Waals surface area (Å²) in [6, 6.07) is 22.1. The van der Waals surface area contributed by atoms with Crippen LogP contribution in [-0.4, -0.2) is 36.3 Å². The summed E-state index contributed by atoms with van der Waals surface area (Å²) in [5, 5.41) is 0.958. The zero-order chi connectivity index (χ0) is 25.4. The minimum Gasteiger partial charge on any atom is -0.465 e.